The second-order valence-corrected chi connectivity index (χ2v) is 5.73. The third-order valence-corrected chi connectivity index (χ3v) is 3.92. The van der Waals surface area contributed by atoms with Gasteiger partial charge in [-0.05, 0) is 37.0 Å². The van der Waals surface area contributed by atoms with Crippen LogP contribution in [0.2, 0.25) is 0 Å². The zero-order valence-electron chi connectivity index (χ0n) is 13.0. The molecule has 1 atom stereocenters. The Bertz CT molecular complexity index is 533. The van der Waals surface area contributed by atoms with Gasteiger partial charge in [0.2, 0.25) is 11.8 Å². The van der Waals surface area contributed by atoms with Crippen molar-refractivity contribution >= 4 is 11.8 Å². The van der Waals surface area contributed by atoms with Crippen LogP contribution < -0.4 is 5.32 Å². The van der Waals surface area contributed by atoms with Crippen LogP contribution in [-0.4, -0.2) is 35.8 Å². The van der Waals surface area contributed by atoms with E-state index in [0.29, 0.717) is 32.4 Å². The quantitative estimate of drug-likeness (QED) is 0.840. The maximum absolute atomic E-state index is 13.3. The molecule has 0 radical (unpaired) electrons. The normalized spacial score (nSPS) is 15.9. The summed E-state index contributed by atoms with van der Waals surface area (Å²) >= 11 is 0. The number of carbonyl (C=O) groups excluding carboxylic acids is 2. The molecule has 0 saturated carbocycles. The molecular weight excluding hydrogens is 283 g/mol. The fraction of sp³-hybridized carbons (Fsp3) is 0.529. The molecule has 1 fully saturated rings. The Hall–Kier alpha value is -1.91. The maximum Gasteiger partial charge on any atom is 0.222 e. The minimum Gasteiger partial charge on any atom is -0.354 e. The van der Waals surface area contributed by atoms with Crippen molar-refractivity contribution in [2.45, 2.75) is 45.1 Å². The van der Waals surface area contributed by atoms with Gasteiger partial charge in [0.15, 0.2) is 0 Å². The van der Waals surface area contributed by atoms with E-state index in [2.05, 4.69) is 5.32 Å². The van der Waals surface area contributed by atoms with Crippen molar-refractivity contribution in [2.75, 3.05) is 13.1 Å². The predicted octanol–water partition coefficient (Wildman–Crippen LogP) is 2.28. The van der Waals surface area contributed by atoms with Crippen LogP contribution in [0.4, 0.5) is 4.39 Å². The summed E-state index contributed by atoms with van der Waals surface area (Å²) in [7, 11) is 0. The lowest BCUT2D eigenvalue weighted by Crippen LogP contribution is -2.45. The summed E-state index contributed by atoms with van der Waals surface area (Å²) in [4.78, 5) is 25.5. The predicted molar refractivity (Wildman–Crippen MR) is 82.8 cm³/mol. The number of carbonyl (C=O) groups is 2. The van der Waals surface area contributed by atoms with Gasteiger partial charge in [-0.1, -0.05) is 19.1 Å². The van der Waals surface area contributed by atoms with E-state index in [0.717, 1.165) is 18.4 Å². The van der Waals surface area contributed by atoms with Gasteiger partial charge in [-0.15, -0.1) is 0 Å². The number of hydrogen-bond acceptors (Lipinski definition) is 2. The fourth-order valence-electron chi connectivity index (χ4n) is 2.83. The Morgan fingerprint density at radius 1 is 1.45 bits per heavy atom. The molecule has 120 valence electrons. The molecule has 1 saturated heterocycles. The van der Waals surface area contributed by atoms with Crippen LogP contribution in [0.25, 0.3) is 0 Å². The maximum atomic E-state index is 13.3. The highest BCUT2D eigenvalue weighted by molar-refractivity contribution is 5.79. The van der Waals surface area contributed by atoms with Gasteiger partial charge in [0.05, 0.1) is 6.04 Å². The molecule has 1 heterocycles. The molecular formula is C17H23FN2O2. The number of halogens is 1. The van der Waals surface area contributed by atoms with Crippen molar-refractivity contribution in [3.63, 3.8) is 0 Å². The molecule has 0 unspecified atom stereocenters. The van der Waals surface area contributed by atoms with Crippen molar-refractivity contribution < 1.29 is 14.0 Å². The largest absolute Gasteiger partial charge is 0.354 e. The van der Waals surface area contributed by atoms with Crippen LogP contribution in [0.15, 0.2) is 24.3 Å². The number of nitrogens with zero attached hydrogens (tertiary/aromatic N) is 1. The summed E-state index contributed by atoms with van der Waals surface area (Å²) in [5.74, 6) is -0.163. The standard InChI is InChI=1S/C17H23FN2O2/c1-2-5-16(21)19-12-15(20-9-4-8-17(20)22)11-13-6-3-7-14(18)10-13/h3,6-7,10,15H,2,4-5,8-9,11-12H2,1H3,(H,19,21)/t15-/m0/s1. The Labute approximate surface area is 130 Å². The van der Waals surface area contributed by atoms with Gasteiger partial charge in [0, 0.05) is 25.9 Å². The first-order chi connectivity index (χ1) is 10.6. The lowest BCUT2D eigenvalue weighted by atomic mass is 10.0. The molecule has 0 aliphatic carbocycles. The van der Waals surface area contributed by atoms with Gasteiger partial charge in [0.25, 0.3) is 0 Å². The number of benzene rings is 1. The summed E-state index contributed by atoms with van der Waals surface area (Å²) in [6.07, 6.45) is 3.24. The van der Waals surface area contributed by atoms with Crippen molar-refractivity contribution in [3.05, 3.63) is 35.6 Å². The number of amides is 2. The molecule has 1 aliphatic heterocycles. The SMILES string of the molecule is CCCC(=O)NC[C@H](Cc1cccc(F)c1)N1CCCC1=O. The average Bonchev–Trinajstić information content (AvgIpc) is 2.90. The minimum atomic E-state index is -0.279. The lowest BCUT2D eigenvalue weighted by molar-refractivity contribution is -0.130. The Kier molecular flexibility index (Phi) is 5.92. The molecule has 1 aliphatic rings. The molecule has 0 spiro atoms. The smallest absolute Gasteiger partial charge is 0.222 e. The molecule has 0 aromatic heterocycles. The lowest BCUT2D eigenvalue weighted by Gasteiger charge is -2.28. The zero-order chi connectivity index (χ0) is 15.9. The highest BCUT2D eigenvalue weighted by atomic mass is 19.1. The van der Waals surface area contributed by atoms with Gasteiger partial charge >= 0.3 is 0 Å². The zero-order valence-corrected chi connectivity index (χ0v) is 13.0. The average molecular weight is 306 g/mol. The van der Waals surface area contributed by atoms with Gasteiger partial charge < -0.3 is 10.2 Å². The van der Waals surface area contributed by atoms with Crippen molar-refractivity contribution in [3.8, 4) is 0 Å². The van der Waals surface area contributed by atoms with Crippen LogP contribution in [0.5, 0.6) is 0 Å². The molecule has 22 heavy (non-hydrogen) atoms. The monoisotopic (exact) mass is 306 g/mol. The van der Waals surface area contributed by atoms with Gasteiger partial charge in [-0.25, -0.2) is 4.39 Å². The number of nitrogens with one attached hydrogen (secondary N) is 1. The van der Waals surface area contributed by atoms with Crippen LogP contribution in [0.3, 0.4) is 0 Å². The van der Waals surface area contributed by atoms with Crippen LogP contribution in [0.1, 0.15) is 38.2 Å². The Balaban J connectivity index is 2.04. The summed E-state index contributed by atoms with van der Waals surface area (Å²) in [6, 6.07) is 6.30. The molecule has 5 heteroatoms. The highest BCUT2D eigenvalue weighted by Crippen LogP contribution is 2.17. The van der Waals surface area contributed by atoms with E-state index in [4.69, 9.17) is 0 Å². The van der Waals surface area contributed by atoms with E-state index in [-0.39, 0.29) is 23.7 Å². The van der Waals surface area contributed by atoms with E-state index < -0.39 is 0 Å². The number of hydrogen-bond donors (Lipinski definition) is 1. The van der Waals surface area contributed by atoms with Crippen LogP contribution in [-0.2, 0) is 16.0 Å². The number of rotatable bonds is 7. The van der Waals surface area contributed by atoms with Gasteiger partial charge in [-0.3, -0.25) is 9.59 Å². The van der Waals surface area contributed by atoms with E-state index in [9.17, 15) is 14.0 Å². The second kappa shape index (κ2) is 7.92. The van der Waals surface area contributed by atoms with Gasteiger partial charge in [0.1, 0.15) is 5.82 Å². The highest BCUT2D eigenvalue weighted by Gasteiger charge is 2.28. The first-order valence-electron chi connectivity index (χ1n) is 7.90. The van der Waals surface area contributed by atoms with Crippen molar-refractivity contribution in [2.24, 2.45) is 0 Å². The Morgan fingerprint density at radius 3 is 2.91 bits per heavy atom. The van der Waals surface area contributed by atoms with E-state index >= 15 is 0 Å². The minimum absolute atomic E-state index is 0.00149. The fourth-order valence-corrected chi connectivity index (χ4v) is 2.83. The van der Waals surface area contributed by atoms with Crippen LogP contribution >= 0.6 is 0 Å². The molecule has 4 nitrogen and oxygen atoms in total. The summed E-state index contributed by atoms with van der Waals surface area (Å²) < 4.78 is 13.3. The topological polar surface area (TPSA) is 49.4 Å². The third kappa shape index (κ3) is 4.55. The van der Waals surface area contributed by atoms with Gasteiger partial charge in [-0.2, -0.15) is 0 Å². The molecule has 1 aromatic rings. The van der Waals surface area contributed by atoms with E-state index in [1.54, 1.807) is 6.07 Å². The third-order valence-electron chi connectivity index (χ3n) is 3.92. The molecule has 2 rings (SSSR count). The van der Waals surface area contributed by atoms with E-state index in [1.165, 1.54) is 12.1 Å². The van der Waals surface area contributed by atoms with Crippen LogP contribution in [0, 0.1) is 5.82 Å². The molecule has 2 amide bonds. The molecule has 1 N–H and O–H groups in total. The first kappa shape index (κ1) is 16.5. The first-order valence-corrected chi connectivity index (χ1v) is 7.90. The molecule has 0 bridgehead atoms. The molecule has 1 aromatic carbocycles. The van der Waals surface area contributed by atoms with Crippen molar-refractivity contribution in [1.29, 1.82) is 0 Å². The summed E-state index contributed by atoms with van der Waals surface area (Å²) in [6.45, 7) is 3.08. The number of likely N-dealkylation sites (tertiary alicyclic amines) is 1. The van der Waals surface area contributed by atoms with Crippen molar-refractivity contribution in [1.82, 2.24) is 10.2 Å². The van der Waals surface area contributed by atoms with E-state index in [1.807, 2.05) is 17.9 Å². The second-order valence-electron chi connectivity index (χ2n) is 5.73. The Morgan fingerprint density at radius 2 is 2.27 bits per heavy atom. The summed E-state index contributed by atoms with van der Waals surface area (Å²) in [5.41, 5.74) is 0.842. The summed E-state index contributed by atoms with van der Waals surface area (Å²) in [5, 5.41) is 2.89.